The minimum atomic E-state index is -3.40. The molecule has 3 aromatic carbocycles. The lowest BCUT2D eigenvalue weighted by Crippen LogP contribution is -2.23. The Morgan fingerprint density at radius 2 is 1.30 bits per heavy atom. The fraction of sp³-hybridized carbons (Fsp3) is 0.179. The van der Waals surface area contributed by atoms with E-state index in [1.807, 2.05) is 24.3 Å². The molecule has 0 saturated heterocycles. The van der Waals surface area contributed by atoms with E-state index < -0.39 is 20.0 Å². The Morgan fingerprint density at radius 1 is 0.775 bits per heavy atom. The lowest BCUT2D eigenvalue weighted by molar-refractivity contribution is 0.0958. The summed E-state index contributed by atoms with van der Waals surface area (Å²) >= 11 is 0. The van der Waals surface area contributed by atoms with E-state index in [0.29, 0.717) is 44.7 Å². The van der Waals surface area contributed by atoms with Gasteiger partial charge in [0.25, 0.3) is 5.91 Å². The van der Waals surface area contributed by atoms with Crippen LogP contribution in [-0.4, -0.2) is 51.8 Å². The summed E-state index contributed by atoms with van der Waals surface area (Å²) in [6, 6.07) is 19.5. The Labute approximate surface area is 233 Å². The predicted molar refractivity (Wildman–Crippen MR) is 155 cm³/mol. The molecular formula is C28H27N5O5S2. The SMILES string of the molecule is C#CCNC(=O)c1ccc2nc(-c3cccc(CNS(C)(=O)=O)c3)c(-c3cccc(CNS(C)(=O)=O)c3)nc2c1. The first kappa shape index (κ1) is 28.8. The molecule has 0 bridgehead atoms. The maximum atomic E-state index is 12.5. The Bertz CT molecular complexity index is 1850. The van der Waals surface area contributed by atoms with Crippen molar-refractivity contribution in [1.82, 2.24) is 24.7 Å². The number of hydrogen-bond acceptors (Lipinski definition) is 7. The van der Waals surface area contributed by atoms with Crippen LogP contribution >= 0.6 is 0 Å². The molecule has 0 saturated carbocycles. The Morgan fingerprint density at radius 3 is 1.80 bits per heavy atom. The van der Waals surface area contributed by atoms with Crippen LogP contribution in [-0.2, 0) is 33.1 Å². The van der Waals surface area contributed by atoms with E-state index in [2.05, 4.69) is 20.7 Å². The number of nitrogens with zero attached hydrogens (tertiary/aromatic N) is 2. The number of fused-ring (bicyclic) bond motifs is 1. The first-order valence-corrected chi connectivity index (χ1v) is 15.8. The van der Waals surface area contributed by atoms with Crippen LogP contribution in [0.3, 0.4) is 0 Å². The Hall–Kier alpha value is -4.15. The molecular weight excluding hydrogens is 550 g/mol. The molecule has 10 nitrogen and oxygen atoms in total. The standard InChI is InChI=1S/C28H27N5O5S2/c1-4-13-29-28(34)23-11-12-24-25(16-23)33-27(22-10-6-8-20(15-22)18-31-40(3,37)38)26(32-24)21-9-5-7-19(14-21)17-30-39(2,35)36/h1,5-12,14-16,30-31H,13,17-18H2,2-3H3,(H,29,34). The van der Waals surface area contributed by atoms with Crippen LogP contribution in [0.1, 0.15) is 21.5 Å². The minimum Gasteiger partial charge on any atom is -0.341 e. The van der Waals surface area contributed by atoms with E-state index in [1.54, 1.807) is 42.5 Å². The van der Waals surface area contributed by atoms with Crippen LogP contribution < -0.4 is 14.8 Å². The lowest BCUT2D eigenvalue weighted by Gasteiger charge is -2.13. The highest BCUT2D eigenvalue weighted by Crippen LogP contribution is 2.32. The zero-order valence-corrected chi connectivity index (χ0v) is 23.4. The summed E-state index contributed by atoms with van der Waals surface area (Å²) in [5.74, 6) is 2.03. The van der Waals surface area contributed by atoms with E-state index in [9.17, 15) is 21.6 Å². The fourth-order valence-corrected chi connectivity index (χ4v) is 4.78. The second-order valence-electron chi connectivity index (χ2n) is 9.10. The quantitative estimate of drug-likeness (QED) is 0.245. The molecule has 0 aliphatic heterocycles. The maximum Gasteiger partial charge on any atom is 0.252 e. The van der Waals surface area contributed by atoms with Crippen molar-refractivity contribution in [2.24, 2.45) is 0 Å². The third kappa shape index (κ3) is 7.71. The number of carbonyl (C=O) groups excluding carboxylic acids is 1. The van der Waals surface area contributed by atoms with E-state index in [-0.39, 0.29) is 25.5 Å². The van der Waals surface area contributed by atoms with Crippen molar-refractivity contribution in [1.29, 1.82) is 0 Å². The zero-order chi connectivity index (χ0) is 28.9. The highest BCUT2D eigenvalue weighted by Gasteiger charge is 2.16. The molecule has 1 amide bonds. The molecule has 0 radical (unpaired) electrons. The van der Waals surface area contributed by atoms with Crippen LogP contribution in [0, 0.1) is 12.3 Å². The average molecular weight is 578 g/mol. The van der Waals surface area contributed by atoms with Crippen molar-refractivity contribution >= 4 is 37.0 Å². The molecule has 4 rings (SSSR count). The molecule has 0 fully saturated rings. The van der Waals surface area contributed by atoms with Gasteiger partial charge in [0, 0.05) is 29.8 Å². The summed E-state index contributed by atoms with van der Waals surface area (Å²) < 4.78 is 51.4. The molecule has 1 heterocycles. The van der Waals surface area contributed by atoms with Crippen molar-refractivity contribution in [3.63, 3.8) is 0 Å². The maximum absolute atomic E-state index is 12.5. The number of carbonyl (C=O) groups is 1. The van der Waals surface area contributed by atoms with Crippen LogP contribution in [0.25, 0.3) is 33.5 Å². The molecule has 1 aromatic heterocycles. The second-order valence-corrected chi connectivity index (χ2v) is 12.8. The molecule has 40 heavy (non-hydrogen) atoms. The van der Waals surface area contributed by atoms with E-state index in [0.717, 1.165) is 18.1 Å². The monoisotopic (exact) mass is 577 g/mol. The first-order valence-electron chi connectivity index (χ1n) is 12.0. The van der Waals surface area contributed by atoms with Crippen molar-refractivity contribution in [2.75, 3.05) is 19.1 Å². The smallest absolute Gasteiger partial charge is 0.252 e. The predicted octanol–water partition coefficient (Wildman–Crippen LogP) is 2.43. The topological polar surface area (TPSA) is 147 Å². The normalized spacial score (nSPS) is 11.7. The third-order valence-corrected chi connectivity index (χ3v) is 7.09. The van der Waals surface area contributed by atoms with Gasteiger partial charge in [-0.2, -0.15) is 0 Å². The van der Waals surface area contributed by atoms with E-state index in [4.69, 9.17) is 16.4 Å². The number of rotatable bonds is 10. The second kappa shape index (κ2) is 11.9. The molecule has 0 spiro atoms. The average Bonchev–Trinajstić information content (AvgIpc) is 2.92. The fourth-order valence-electron chi connectivity index (χ4n) is 3.92. The summed E-state index contributed by atoms with van der Waals surface area (Å²) in [6.07, 6.45) is 7.43. The molecule has 4 aromatic rings. The van der Waals surface area contributed by atoms with Crippen molar-refractivity contribution < 1.29 is 21.6 Å². The van der Waals surface area contributed by atoms with Gasteiger partial charge in [0.05, 0.1) is 41.5 Å². The molecule has 0 aliphatic carbocycles. The van der Waals surface area contributed by atoms with Gasteiger partial charge in [-0.25, -0.2) is 36.2 Å². The molecule has 3 N–H and O–H groups in total. The van der Waals surface area contributed by atoms with Gasteiger partial charge in [-0.3, -0.25) is 4.79 Å². The minimum absolute atomic E-state index is 0.0889. The zero-order valence-electron chi connectivity index (χ0n) is 21.8. The van der Waals surface area contributed by atoms with Crippen LogP contribution in [0.2, 0.25) is 0 Å². The molecule has 0 unspecified atom stereocenters. The number of benzene rings is 3. The number of amides is 1. The van der Waals surface area contributed by atoms with Crippen molar-refractivity contribution in [3.05, 3.63) is 83.4 Å². The van der Waals surface area contributed by atoms with Crippen molar-refractivity contribution in [3.8, 4) is 34.9 Å². The van der Waals surface area contributed by atoms with Gasteiger partial charge >= 0.3 is 0 Å². The summed E-state index contributed by atoms with van der Waals surface area (Å²) in [4.78, 5) is 22.2. The largest absolute Gasteiger partial charge is 0.341 e. The highest BCUT2D eigenvalue weighted by atomic mass is 32.2. The number of aromatic nitrogens is 2. The van der Waals surface area contributed by atoms with Gasteiger partial charge < -0.3 is 5.32 Å². The third-order valence-electron chi connectivity index (χ3n) is 5.76. The van der Waals surface area contributed by atoms with Gasteiger partial charge in [0.1, 0.15) is 0 Å². The van der Waals surface area contributed by atoms with Gasteiger partial charge in [-0.15, -0.1) is 6.42 Å². The summed E-state index contributed by atoms with van der Waals surface area (Å²) in [5.41, 5.74) is 5.24. The van der Waals surface area contributed by atoms with Gasteiger partial charge in [-0.1, -0.05) is 42.3 Å². The summed E-state index contributed by atoms with van der Waals surface area (Å²) in [6.45, 7) is 0.284. The number of sulfonamides is 2. The first-order chi connectivity index (χ1) is 18.9. The van der Waals surface area contributed by atoms with E-state index in [1.165, 1.54) is 0 Å². The number of terminal acetylenes is 1. The van der Waals surface area contributed by atoms with Gasteiger partial charge in [0.2, 0.25) is 20.0 Å². The Kier molecular flexibility index (Phi) is 8.61. The molecule has 12 heteroatoms. The number of nitrogens with one attached hydrogen (secondary N) is 3. The molecule has 206 valence electrons. The summed E-state index contributed by atoms with van der Waals surface area (Å²) in [7, 11) is -6.79. The lowest BCUT2D eigenvalue weighted by atomic mass is 10.00. The summed E-state index contributed by atoms with van der Waals surface area (Å²) in [5, 5.41) is 2.63. The van der Waals surface area contributed by atoms with Gasteiger partial charge in [-0.05, 0) is 41.5 Å². The van der Waals surface area contributed by atoms with E-state index >= 15 is 0 Å². The molecule has 0 aliphatic rings. The number of hydrogen-bond donors (Lipinski definition) is 3. The highest BCUT2D eigenvalue weighted by molar-refractivity contribution is 7.88. The molecule has 0 atom stereocenters. The van der Waals surface area contributed by atoms with Gasteiger partial charge in [0.15, 0.2) is 0 Å². The van der Waals surface area contributed by atoms with Crippen LogP contribution in [0.15, 0.2) is 66.7 Å². The Balaban J connectivity index is 1.85. The van der Waals surface area contributed by atoms with Crippen LogP contribution in [0.4, 0.5) is 0 Å². The van der Waals surface area contributed by atoms with Crippen molar-refractivity contribution in [2.45, 2.75) is 13.1 Å². The van der Waals surface area contributed by atoms with Crippen LogP contribution in [0.5, 0.6) is 0 Å².